The molecule has 5 nitrogen and oxygen atoms in total. The summed E-state index contributed by atoms with van der Waals surface area (Å²) >= 11 is 0. The molecule has 1 atom stereocenters. The fourth-order valence-electron chi connectivity index (χ4n) is 4.67. The molecule has 0 saturated heterocycles. The minimum absolute atomic E-state index is 0.0586. The maximum absolute atomic E-state index is 12.1. The summed E-state index contributed by atoms with van der Waals surface area (Å²) < 4.78 is 10.5. The van der Waals surface area contributed by atoms with E-state index in [0.29, 0.717) is 12.8 Å². The van der Waals surface area contributed by atoms with E-state index >= 15 is 0 Å². The van der Waals surface area contributed by atoms with Gasteiger partial charge in [0.2, 0.25) is 0 Å². The number of carbonyl (C=O) groups is 2. The second-order valence-electron chi connectivity index (χ2n) is 10.9. The molecule has 0 radical (unpaired) electrons. The van der Waals surface area contributed by atoms with Gasteiger partial charge in [-0.25, -0.2) is 0 Å². The van der Waals surface area contributed by atoms with Gasteiger partial charge in [-0.3, -0.25) is 9.59 Å². The molecular weight excluding hydrogens is 464 g/mol. The standard InChI is InChI=1S/C32H62O5/c1-3-5-7-9-11-13-14-15-16-17-18-19-21-23-25-27-32(35)37-30(28-33)29-36-31(34)26-24-22-20-12-10-8-6-4-2/h30,33H,3-29H2,1-2H3/t30-/m0/s1. The highest BCUT2D eigenvalue weighted by molar-refractivity contribution is 5.70. The van der Waals surface area contributed by atoms with Crippen molar-refractivity contribution in [2.75, 3.05) is 13.2 Å². The van der Waals surface area contributed by atoms with Gasteiger partial charge in [0, 0.05) is 12.8 Å². The minimum atomic E-state index is -0.758. The summed E-state index contributed by atoms with van der Waals surface area (Å²) in [6.07, 6.45) is 28.7. The summed E-state index contributed by atoms with van der Waals surface area (Å²) in [5.41, 5.74) is 0. The van der Waals surface area contributed by atoms with Crippen molar-refractivity contribution in [2.45, 2.75) is 180 Å². The van der Waals surface area contributed by atoms with Crippen LogP contribution in [0.3, 0.4) is 0 Å². The van der Waals surface area contributed by atoms with Crippen LogP contribution in [-0.4, -0.2) is 36.4 Å². The molecule has 0 aromatic rings. The van der Waals surface area contributed by atoms with Crippen LogP contribution in [0.5, 0.6) is 0 Å². The first kappa shape index (κ1) is 35.9. The smallest absolute Gasteiger partial charge is 0.306 e. The fraction of sp³-hybridized carbons (Fsp3) is 0.938. The van der Waals surface area contributed by atoms with Crippen LogP contribution < -0.4 is 0 Å². The Kier molecular flexibility index (Phi) is 28.6. The van der Waals surface area contributed by atoms with E-state index in [1.165, 1.54) is 109 Å². The number of rotatable bonds is 29. The maximum atomic E-state index is 12.1. The quantitative estimate of drug-likeness (QED) is 0.0776. The number of hydrogen-bond acceptors (Lipinski definition) is 5. The number of aliphatic hydroxyl groups excluding tert-OH is 1. The number of aliphatic hydroxyl groups is 1. The second-order valence-corrected chi connectivity index (χ2v) is 10.9. The number of unbranched alkanes of at least 4 members (excludes halogenated alkanes) is 21. The Balaban J connectivity index is 3.52. The van der Waals surface area contributed by atoms with E-state index in [-0.39, 0.29) is 25.2 Å². The van der Waals surface area contributed by atoms with E-state index < -0.39 is 6.10 Å². The average molecular weight is 527 g/mol. The Bertz CT molecular complexity index is 494. The Labute approximate surface area is 229 Å². The van der Waals surface area contributed by atoms with Crippen molar-refractivity contribution in [3.63, 3.8) is 0 Å². The van der Waals surface area contributed by atoms with Crippen LogP contribution in [-0.2, 0) is 19.1 Å². The van der Waals surface area contributed by atoms with Crippen molar-refractivity contribution in [1.29, 1.82) is 0 Å². The summed E-state index contributed by atoms with van der Waals surface area (Å²) in [7, 11) is 0. The molecule has 0 heterocycles. The third-order valence-electron chi connectivity index (χ3n) is 7.15. The Morgan fingerprint density at radius 3 is 1.19 bits per heavy atom. The third-order valence-corrected chi connectivity index (χ3v) is 7.15. The van der Waals surface area contributed by atoms with Crippen molar-refractivity contribution in [1.82, 2.24) is 0 Å². The van der Waals surface area contributed by atoms with Crippen molar-refractivity contribution >= 4 is 11.9 Å². The maximum Gasteiger partial charge on any atom is 0.306 e. The van der Waals surface area contributed by atoms with Crippen LogP contribution in [0.2, 0.25) is 0 Å². The van der Waals surface area contributed by atoms with Gasteiger partial charge in [0.1, 0.15) is 6.61 Å². The highest BCUT2D eigenvalue weighted by Crippen LogP contribution is 2.14. The summed E-state index contributed by atoms with van der Waals surface area (Å²) in [5, 5.41) is 9.46. The molecule has 0 aliphatic rings. The molecule has 0 rings (SSSR count). The lowest BCUT2D eigenvalue weighted by molar-refractivity contribution is -0.161. The van der Waals surface area contributed by atoms with Gasteiger partial charge >= 0.3 is 11.9 Å². The lowest BCUT2D eigenvalue weighted by atomic mass is 10.0. The first-order chi connectivity index (χ1) is 18.1. The fourth-order valence-corrected chi connectivity index (χ4v) is 4.67. The van der Waals surface area contributed by atoms with Crippen LogP contribution in [0.15, 0.2) is 0 Å². The summed E-state index contributed by atoms with van der Waals surface area (Å²) in [4.78, 5) is 24.0. The molecule has 5 heteroatoms. The van der Waals surface area contributed by atoms with Gasteiger partial charge in [0.25, 0.3) is 0 Å². The van der Waals surface area contributed by atoms with Gasteiger partial charge in [-0.05, 0) is 12.8 Å². The Morgan fingerprint density at radius 1 is 0.514 bits per heavy atom. The zero-order valence-corrected chi connectivity index (χ0v) is 24.7. The molecule has 0 unspecified atom stereocenters. The van der Waals surface area contributed by atoms with Crippen molar-refractivity contribution in [3.05, 3.63) is 0 Å². The Morgan fingerprint density at radius 2 is 0.838 bits per heavy atom. The molecule has 0 spiro atoms. The number of carbonyl (C=O) groups excluding carboxylic acids is 2. The highest BCUT2D eigenvalue weighted by atomic mass is 16.6. The summed E-state index contributed by atoms with van der Waals surface area (Å²) in [6, 6.07) is 0. The molecule has 0 bridgehead atoms. The lowest BCUT2D eigenvalue weighted by Crippen LogP contribution is -2.28. The monoisotopic (exact) mass is 526 g/mol. The molecule has 0 aromatic carbocycles. The molecule has 0 fully saturated rings. The molecule has 0 saturated carbocycles. The van der Waals surface area contributed by atoms with Crippen LogP contribution in [0.4, 0.5) is 0 Å². The van der Waals surface area contributed by atoms with E-state index in [9.17, 15) is 14.7 Å². The van der Waals surface area contributed by atoms with Crippen molar-refractivity contribution in [2.24, 2.45) is 0 Å². The normalized spacial score (nSPS) is 12.0. The lowest BCUT2D eigenvalue weighted by Gasteiger charge is -2.15. The zero-order valence-electron chi connectivity index (χ0n) is 24.7. The van der Waals surface area contributed by atoms with Gasteiger partial charge in [-0.15, -0.1) is 0 Å². The molecular formula is C32H62O5. The van der Waals surface area contributed by atoms with Gasteiger partial charge in [0.05, 0.1) is 6.61 Å². The summed E-state index contributed by atoms with van der Waals surface area (Å²) in [6.45, 7) is 4.10. The first-order valence-electron chi connectivity index (χ1n) is 16.1. The van der Waals surface area contributed by atoms with E-state index in [1.54, 1.807) is 0 Å². The summed E-state index contributed by atoms with van der Waals surface area (Å²) in [5.74, 6) is -0.587. The van der Waals surface area contributed by atoms with Crippen molar-refractivity contribution < 1.29 is 24.2 Å². The number of hydrogen-bond donors (Lipinski definition) is 1. The van der Waals surface area contributed by atoms with Crippen molar-refractivity contribution in [3.8, 4) is 0 Å². The van der Waals surface area contributed by atoms with Gasteiger partial charge in [0.15, 0.2) is 6.10 Å². The predicted octanol–water partition coefficient (Wildman–Crippen LogP) is 9.23. The molecule has 0 amide bonds. The zero-order chi connectivity index (χ0) is 27.2. The molecule has 1 N–H and O–H groups in total. The van der Waals surface area contributed by atoms with E-state index in [4.69, 9.17) is 9.47 Å². The molecule has 0 aliphatic carbocycles. The van der Waals surface area contributed by atoms with Crippen LogP contribution in [0.1, 0.15) is 174 Å². The van der Waals surface area contributed by atoms with E-state index in [2.05, 4.69) is 13.8 Å². The number of ether oxygens (including phenoxy) is 2. The average Bonchev–Trinajstić information content (AvgIpc) is 2.90. The van der Waals surface area contributed by atoms with Crippen LogP contribution >= 0.6 is 0 Å². The predicted molar refractivity (Wildman–Crippen MR) is 155 cm³/mol. The van der Waals surface area contributed by atoms with Gasteiger partial charge in [-0.1, -0.05) is 149 Å². The molecule has 220 valence electrons. The van der Waals surface area contributed by atoms with Crippen LogP contribution in [0, 0.1) is 0 Å². The van der Waals surface area contributed by atoms with Crippen LogP contribution in [0.25, 0.3) is 0 Å². The molecule has 0 aliphatic heterocycles. The Hall–Kier alpha value is -1.10. The minimum Gasteiger partial charge on any atom is -0.462 e. The van der Waals surface area contributed by atoms with Gasteiger partial charge in [-0.2, -0.15) is 0 Å². The van der Waals surface area contributed by atoms with Gasteiger partial charge < -0.3 is 14.6 Å². The second kappa shape index (κ2) is 29.5. The first-order valence-corrected chi connectivity index (χ1v) is 16.1. The topological polar surface area (TPSA) is 72.8 Å². The third kappa shape index (κ3) is 27.7. The highest BCUT2D eigenvalue weighted by Gasteiger charge is 2.16. The van der Waals surface area contributed by atoms with E-state index in [0.717, 1.165) is 38.5 Å². The van der Waals surface area contributed by atoms with E-state index in [1.807, 2.05) is 0 Å². The number of esters is 2. The molecule has 37 heavy (non-hydrogen) atoms. The largest absolute Gasteiger partial charge is 0.462 e. The molecule has 0 aromatic heterocycles. The SMILES string of the molecule is CCCCCCCCCCCCCCCCCC(=O)O[C@@H](CO)COC(=O)CCCCCCCCCC.